The summed E-state index contributed by atoms with van der Waals surface area (Å²) in [5.41, 5.74) is -0.174. The highest BCUT2D eigenvalue weighted by Gasteiger charge is 2.30. The lowest BCUT2D eigenvalue weighted by Crippen LogP contribution is -2.04. The fourth-order valence-electron chi connectivity index (χ4n) is 1.11. The van der Waals surface area contributed by atoms with E-state index in [1.165, 1.54) is 6.07 Å². The molecule has 0 saturated heterocycles. The minimum atomic E-state index is -4.30. The molecule has 1 aromatic rings. The van der Waals surface area contributed by atoms with Gasteiger partial charge in [0.05, 0.1) is 5.56 Å². The molecule has 1 N–H and O–H groups in total. The third-order valence-corrected chi connectivity index (χ3v) is 1.82. The van der Waals surface area contributed by atoms with Crippen LogP contribution in [0.15, 0.2) is 30.3 Å². The predicted molar refractivity (Wildman–Crippen MR) is 52.2 cm³/mol. The van der Waals surface area contributed by atoms with Gasteiger partial charge in [0.1, 0.15) is 0 Å². The van der Waals surface area contributed by atoms with Crippen molar-refractivity contribution < 1.29 is 18.3 Å². The molecule has 1 rings (SSSR count). The maximum Gasteiger partial charge on any atom is 0.416 e. The zero-order valence-corrected chi connectivity index (χ0v) is 7.96. The van der Waals surface area contributed by atoms with Crippen molar-refractivity contribution in [3.63, 3.8) is 0 Å². The second-order valence-electron chi connectivity index (χ2n) is 3.04. The lowest BCUT2D eigenvalue weighted by atomic mass is 10.1. The monoisotopic (exact) mass is 216 g/mol. The number of benzene rings is 1. The molecule has 82 valence electrons. The van der Waals surface area contributed by atoms with Crippen LogP contribution in [-0.4, -0.2) is 11.7 Å². The van der Waals surface area contributed by atoms with Crippen LogP contribution in [-0.2, 0) is 6.18 Å². The summed E-state index contributed by atoms with van der Waals surface area (Å²) in [6, 6.07) is 5.06. The second kappa shape index (κ2) is 4.98. The van der Waals surface area contributed by atoms with E-state index in [9.17, 15) is 13.2 Å². The number of aliphatic hydroxyl groups is 1. The summed E-state index contributed by atoms with van der Waals surface area (Å²) in [5.74, 6) is 0. The largest absolute Gasteiger partial charge is 0.416 e. The molecule has 0 aliphatic rings. The van der Waals surface area contributed by atoms with Crippen molar-refractivity contribution in [2.45, 2.75) is 12.6 Å². The minimum absolute atomic E-state index is 0.00450. The molecule has 0 spiro atoms. The van der Waals surface area contributed by atoms with Crippen LogP contribution < -0.4 is 0 Å². The highest BCUT2D eigenvalue weighted by atomic mass is 19.4. The molecule has 1 aromatic carbocycles. The third-order valence-electron chi connectivity index (χ3n) is 1.82. The van der Waals surface area contributed by atoms with Crippen molar-refractivity contribution in [3.05, 3.63) is 41.5 Å². The maximum atomic E-state index is 12.3. The van der Waals surface area contributed by atoms with Crippen molar-refractivity contribution in [2.75, 3.05) is 6.61 Å². The van der Waals surface area contributed by atoms with Gasteiger partial charge in [0.25, 0.3) is 0 Å². The number of halogens is 3. The van der Waals surface area contributed by atoms with Gasteiger partial charge in [0, 0.05) is 6.61 Å². The van der Waals surface area contributed by atoms with Crippen LogP contribution in [0.3, 0.4) is 0 Å². The predicted octanol–water partition coefficient (Wildman–Crippen LogP) is 3.10. The van der Waals surface area contributed by atoms with Crippen molar-refractivity contribution in [2.24, 2.45) is 0 Å². The van der Waals surface area contributed by atoms with E-state index in [1.807, 2.05) is 0 Å². The molecule has 1 nitrogen and oxygen atoms in total. The molecular weight excluding hydrogens is 205 g/mol. The van der Waals surface area contributed by atoms with Crippen LogP contribution in [0.25, 0.3) is 6.08 Å². The highest BCUT2D eigenvalue weighted by Crippen LogP contribution is 2.29. The normalized spacial score (nSPS) is 12.3. The Morgan fingerprint density at radius 3 is 2.60 bits per heavy atom. The summed E-state index contributed by atoms with van der Waals surface area (Å²) >= 11 is 0. The van der Waals surface area contributed by atoms with Crippen LogP contribution >= 0.6 is 0 Å². The van der Waals surface area contributed by atoms with Gasteiger partial charge in [-0.05, 0) is 24.1 Å². The van der Waals surface area contributed by atoms with Gasteiger partial charge in [0.15, 0.2) is 0 Å². The van der Waals surface area contributed by atoms with E-state index in [4.69, 9.17) is 5.11 Å². The SMILES string of the molecule is OCCC=Cc1cccc(C(F)(F)F)c1. The molecule has 0 fully saturated rings. The van der Waals surface area contributed by atoms with E-state index in [0.29, 0.717) is 12.0 Å². The molecule has 15 heavy (non-hydrogen) atoms. The Kier molecular flexibility index (Phi) is 3.91. The topological polar surface area (TPSA) is 20.2 Å². The molecule has 0 radical (unpaired) electrons. The van der Waals surface area contributed by atoms with Gasteiger partial charge >= 0.3 is 6.18 Å². The van der Waals surface area contributed by atoms with Crippen LogP contribution in [0.1, 0.15) is 17.5 Å². The number of rotatable bonds is 3. The summed E-state index contributed by atoms with van der Waals surface area (Å²) < 4.78 is 36.9. The van der Waals surface area contributed by atoms with E-state index >= 15 is 0 Å². The molecule has 0 aliphatic carbocycles. The number of aliphatic hydroxyl groups excluding tert-OH is 1. The van der Waals surface area contributed by atoms with Gasteiger partial charge in [-0.15, -0.1) is 0 Å². The number of hydrogen-bond donors (Lipinski definition) is 1. The van der Waals surface area contributed by atoms with Gasteiger partial charge in [0.2, 0.25) is 0 Å². The van der Waals surface area contributed by atoms with Crippen LogP contribution in [0, 0.1) is 0 Å². The second-order valence-corrected chi connectivity index (χ2v) is 3.04. The highest BCUT2D eigenvalue weighted by molar-refractivity contribution is 5.50. The van der Waals surface area contributed by atoms with Crippen LogP contribution in [0.4, 0.5) is 13.2 Å². The zero-order chi connectivity index (χ0) is 11.3. The molecule has 0 aromatic heterocycles. The first-order valence-electron chi connectivity index (χ1n) is 4.48. The Hall–Kier alpha value is -1.29. The summed E-state index contributed by atoms with van der Waals surface area (Å²) in [4.78, 5) is 0. The summed E-state index contributed by atoms with van der Waals surface area (Å²) in [6.07, 6.45) is -0.669. The molecule has 0 bridgehead atoms. The first-order chi connectivity index (χ1) is 7.04. The Labute approximate surface area is 85.9 Å². The molecule has 0 heterocycles. The lowest BCUT2D eigenvalue weighted by molar-refractivity contribution is -0.137. The van der Waals surface area contributed by atoms with Crippen molar-refractivity contribution in [1.82, 2.24) is 0 Å². The lowest BCUT2D eigenvalue weighted by Gasteiger charge is -2.06. The summed E-state index contributed by atoms with van der Waals surface area (Å²) in [7, 11) is 0. The molecule has 4 heteroatoms. The Bertz CT molecular complexity index is 342. The summed E-state index contributed by atoms with van der Waals surface area (Å²) in [5, 5.41) is 8.50. The standard InChI is InChI=1S/C11H11F3O/c12-11(13,14)10-6-3-5-9(8-10)4-1-2-7-15/h1,3-6,8,15H,2,7H2. The van der Waals surface area contributed by atoms with E-state index in [-0.39, 0.29) is 6.61 Å². The van der Waals surface area contributed by atoms with Crippen LogP contribution in [0.5, 0.6) is 0 Å². The fourth-order valence-corrected chi connectivity index (χ4v) is 1.11. The maximum absolute atomic E-state index is 12.3. The van der Waals surface area contributed by atoms with Gasteiger partial charge in [-0.2, -0.15) is 13.2 Å². The molecule has 0 atom stereocenters. The quantitative estimate of drug-likeness (QED) is 0.823. The Morgan fingerprint density at radius 2 is 2.00 bits per heavy atom. The van der Waals surface area contributed by atoms with E-state index in [0.717, 1.165) is 12.1 Å². The first kappa shape index (κ1) is 11.8. The van der Waals surface area contributed by atoms with E-state index in [2.05, 4.69) is 0 Å². The molecular formula is C11H11F3O. The third kappa shape index (κ3) is 3.75. The number of alkyl halides is 3. The summed E-state index contributed by atoms with van der Waals surface area (Å²) in [6.45, 7) is -0.00450. The van der Waals surface area contributed by atoms with Gasteiger partial charge in [-0.1, -0.05) is 24.3 Å². The smallest absolute Gasteiger partial charge is 0.396 e. The van der Waals surface area contributed by atoms with Crippen LogP contribution in [0.2, 0.25) is 0 Å². The van der Waals surface area contributed by atoms with Crippen molar-refractivity contribution >= 4 is 6.08 Å². The molecule has 0 amide bonds. The molecule has 0 unspecified atom stereocenters. The average Bonchev–Trinajstić information content (AvgIpc) is 2.17. The molecule has 0 aliphatic heterocycles. The van der Waals surface area contributed by atoms with Crippen molar-refractivity contribution in [1.29, 1.82) is 0 Å². The van der Waals surface area contributed by atoms with Gasteiger partial charge < -0.3 is 5.11 Å². The van der Waals surface area contributed by atoms with Crippen molar-refractivity contribution in [3.8, 4) is 0 Å². The fraction of sp³-hybridized carbons (Fsp3) is 0.273. The zero-order valence-electron chi connectivity index (χ0n) is 7.96. The van der Waals surface area contributed by atoms with E-state index in [1.54, 1.807) is 18.2 Å². The Morgan fingerprint density at radius 1 is 1.27 bits per heavy atom. The molecule has 0 saturated carbocycles. The van der Waals surface area contributed by atoms with E-state index < -0.39 is 11.7 Å². The van der Waals surface area contributed by atoms with Gasteiger partial charge in [-0.25, -0.2) is 0 Å². The Balaban J connectivity index is 2.84. The van der Waals surface area contributed by atoms with Gasteiger partial charge in [-0.3, -0.25) is 0 Å². The average molecular weight is 216 g/mol. The minimum Gasteiger partial charge on any atom is -0.396 e. The first-order valence-corrected chi connectivity index (χ1v) is 4.48. The number of hydrogen-bond acceptors (Lipinski definition) is 1.